The Balaban J connectivity index is 1.40. The van der Waals surface area contributed by atoms with Crippen molar-refractivity contribution in [2.45, 2.75) is 39.6 Å². The normalized spacial score (nSPS) is 15.0. The molecule has 47 heavy (non-hydrogen) atoms. The van der Waals surface area contributed by atoms with Crippen molar-refractivity contribution in [3.05, 3.63) is 89.7 Å². The first-order valence-corrected chi connectivity index (χ1v) is 16.9. The number of rotatable bonds is 15. The van der Waals surface area contributed by atoms with E-state index < -0.39 is 24.3 Å². The maximum absolute atomic E-state index is 12.5. The molecule has 0 fully saturated rings. The minimum absolute atomic E-state index is 0.152. The van der Waals surface area contributed by atoms with Crippen molar-refractivity contribution in [3.8, 4) is 23.0 Å². The molecule has 0 aliphatic carbocycles. The number of carbonyl (C=O) groups is 2. The molecule has 0 unspecified atom stereocenters. The van der Waals surface area contributed by atoms with Crippen molar-refractivity contribution in [1.82, 2.24) is 16.1 Å². The van der Waals surface area contributed by atoms with Crippen LogP contribution >= 0.6 is 45.2 Å². The Bertz CT molecular complexity index is 1630. The third kappa shape index (κ3) is 9.87. The number of benzene rings is 3. The minimum Gasteiger partial charge on any atom is -0.490 e. The Morgan fingerprint density at radius 1 is 1.00 bits per heavy atom. The largest absolute Gasteiger partial charge is 0.490 e. The zero-order valence-electron chi connectivity index (χ0n) is 26.3. The molecule has 0 saturated heterocycles. The van der Waals surface area contributed by atoms with Crippen LogP contribution in [0.15, 0.2) is 71.0 Å². The number of urea groups is 1. The van der Waals surface area contributed by atoms with Gasteiger partial charge in [0.15, 0.2) is 29.2 Å². The average molecular weight is 870 g/mol. The lowest BCUT2D eigenvalue weighted by Gasteiger charge is -2.28. The Hall–Kier alpha value is -3.77. The van der Waals surface area contributed by atoms with Gasteiger partial charge < -0.3 is 39.4 Å². The molecule has 4 N–H and O–H groups in total. The van der Waals surface area contributed by atoms with Crippen LogP contribution in [0.2, 0.25) is 0 Å². The van der Waals surface area contributed by atoms with E-state index in [0.717, 1.165) is 18.3 Å². The number of amides is 2. The van der Waals surface area contributed by atoms with Crippen molar-refractivity contribution in [3.63, 3.8) is 0 Å². The van der Waals surface area contributed by atoms with Crippen molar-refractivity contribution in [2.24, 2.45) is 5.10 Å². The third-order valence-electron chi connectivity index (χ3n) is 6.74. The SMILES string of the molecule is CCOc1cc([C@H]2NC(=O)NC(C)=C2C(=O)OC)ccc1OC[C@H](O)N/N=C\c1cc(I)c(OCc2ccc(I)cc2)c(OCC)c1. The van der Waals surface area contributed by atoms with Crippen molar-refractivity contribution >= 4 is 63.4 Å². The predicted molar refractivity (Wildman–Crippen MR) is 193 cm³/mol. The van der Waals surface area contributed by atoms with Crippen LogP contribution in [0.1, 0.15) is 43.5 Å². The van der Waals surface area contributed by atoms with Gasteiger partial charge in [-0.15, -0.1) is 0 Å². The van der Waals surface area contributed by atoms with Crippen LogP contribution in [-0.4, -0.2) is 56.5 Å². The predicted octanol–water partition coefficient (Wildman–Crippen LogP) is 5.39. The van der Waals surface area contributed by atoms with Crippen LogP contribution in [0, 0.1) is 7.14 Å². The molecular formula is C33H36I2N4O8. The number of allylic oxidation sites excluding steroid dienone is 1. The summed E-state index contributed by atoms with van der Waals surface area (Å²) >= 11 is 4.47. The molecule has 1 heterocycles. The van der Waals surface area contributed by atoms with E-state index in [-0.39, 0.29) is 12.2 Å². The van der Waals surface area contributed by atoms with Crippen molar-refractivity contribution < 1.29 is 38.4 Å². The monoisotopic (exact) mass is 870 g/mol. The van der Waals surface area contributed by atoms with Gasteiger partial charge in [0.05, 0.1) is 41.7 Å². The van der Waals surface area contributed by atoms with E-state index in [1.54, 1.807) is 31.3 Å². The first kappa shape index (κ1) is 36.1. The molecule has 4 rings (SSSR count). The number of halogens is 2. The lowest BCUT2D eigenvalue weighted by atomic mass is 9.95. The number of esters is 1. The molecule has 14 heteroatoms. The number of aliphatic hydroxyl groups excluding tert-OH is 1. The molecule has 0 bridgehead atoms. The fraction of sp³-hybridized carbons (Fsp3) is 0.303. The number of nitrogens with one attached hydrogen (secondary N) is 3. The zero-order valence-corrected chi connectivity index (χ0v) is 30.6. The average Bonchev–Trinajstić information content (AvgIpc) is 3.04. The Morgan fingerprint density at radius 3 is 2.43 bits per heavy atom. The molecule has 0 radical (unpaired) electrons. The molecule has 0 spiro atoms. The molecule has 250 valence electrons. The number of ether oxygens (including phenoxy) is 5. The summed E-state index contributed by atoms with van der Waals surface area (Å²) in [5.74, 6) is 1.40. The second-order valence-corrected chi connectivity index (χ2v) is 12.5. The highest BCUT2D eigenvalue weighted by Gasteiger charge is 2.32. The molecule has 0 saturated carbocycles. The molecular weight excluding hydrogens is 834 g/mol. The first-order valence-electron chi connectivity index (χ1n) is 14.7. The van der Waals surface area contributed by atoms with Gasteiger partial charge in [0, 0.05) is 9.27 Å². The maximum Gasteiger partial charge on any atom is 0.337 e. The van der Waals surface area contributed by atoms with Gasteiger partial charge in [0.2, 0.25) is 0 Å². The number of hydrazone groups is 1. The summed E-state index contributed by atoms with van der Waals surface area (Å²) in [6, 6.07) is 15.7. The summed E-state index contributed by atoms with van der Waals surface area (Å²) in [5, 5.41) is 20.1. The lowest BCUT2D eigenvalue weighted by Crippen LogP contribution is -2.45. The standard InChI is InChI=1S/C33H36I2N4O8/c1-5-44-26-15-22(30-29(32(41)43-4)19(3)37-33(42)38-30)9-12-25(26)46-18-28(40)39-36-16-21-13-24(35)31(27(14-21)45-6-2)47-17-20-7-10-23(34)11-8-20/h7-16,28,30,39-40H,5-6,17-18H2,1-4H3,(H2,37,38,42)/b36-16-/t28-,30+/m0/s1. The highest BCUT2D eigenvalue weighted by atomic mass is 127. The summed E-state index contributed by atoms with van der Waals surface area (Å²) < 4.78 is 30.5. The van der Waals surface area contributed by atoms with E-state index in [2.05, 4.69) is 66.3 Å². The molecule has 3 aromatic rings. The van der Waals surface area contributed by atoms with Gasteiger partial charge in [-0.1, -0.05) is 18.2 Å². The van der Waals surface area contributed by atoms with E-state index in [0.29, 0.717) is 54.1 Å². The first-order chi connectivity index (χ1) is 22.6. The van der Waals surface area contributed by atoms with E-state index in [9.17, 15) is 14.7 Å². The molecule has 2 amide bonds. The Morgan fingerprint density at radius 2 is 1.72 bits per heavy atom. The Kier molecular flexibility index (Phi) is 13.4. The summed E-state index contributed by atoms with van der Waals surface area (Å²) in [4.78, 5) is 24.7. The van der Waals surface area contributed by atoms with Gasteiger partial charge in [-0.25, -0.2) is 9.59 Å². The summed E-state index contributed by atoms with van der Waals surface area (Å²) in [5.41, 5.74) is 5.71. The van der Waals surface area contributed by atoms with Crippen molar-refractivity contribution in [1.29, 1.82) is 0 Å². The number of nitrogens with zero attached hydrogens (tertiary/aromatic N) is 1. The maximum atomic E-state index is 12.5. The van der Waals surface area contributed by atoms with Crippen molar-refractivity contribution in [2.75, 3.05) is 26.9 Å². The quantitative estimate of drug-likeness (QED) is 0.0519. The summed E-state index contributed by atoms with van der Waals surface area (Å²) in [6.07, 6.45) is 0.418. The number of hydrogen-bond acceptors (Lipinski definition) is 10. The lowest BCUT2D eigenvalue weighted by molar-refractivity contribution is -0.136. The van der Waals surface area contributed by atoms with Gasteiger partial charge in [-0.3, -0.25) is 5.43 Å². The van der Waals surface area contributed by atoms with Gasteiger partial charge in [-0.05, 0) is 119 Å². The van der Waals surface area contributed by atoms with Gasteiger partial charge in [0.25, 0.3) is 0 Å². The number of hydrogen-bond donors (Lipinski definition) is 4. The highest BCUT2D eigenvalue weighted by molar-refractivity contribution is 14.1. The second-order valence-electron chi connectivity index (χ2n) is 10.1. The molecule has 1 aliphatic heterocycles. The highest BCUT2D eigenvalue weighted by Crippen LogP contribution is 2.36. The van der Waals surface area contributed by atoms with Crippen LogP contribution in [0.5, 0.6) is 23.0 Å². The van der Waals surface area contributed by atoms with Gasteiger partial charge in [0.1, 0.15) is 13.2 Å². The fourth-order valence-electron chi connectivity index (χ4n) is 4.62. The topological polar surface area (TPSA) is 149 Å². The van der Waals surface area contributed by atoms with E-state index in [4.69, 9.17) is 23.7 Å². The second kappa shape index (κ2) is 17.4. The molecule has 0 aromatic heterocycles. The third-order valence-corrected chi connectivity index (χ3v) is 8.26. The number of aliphatic hydroxyl groups is 1. The Labute approximate surface area is 300 Å². The number of methoxy groups -OCH3 is 1. The van der Waals surface area contributed by atoms with Crippen LogP contribution in [0.4, 0.5) is 4.79 Å². The van der Waals surface area contributed by atoms with Crippen LogP contribution < -0.4 is 35.0 Å². The number of carbonyl (C=O) groups excluding carboxylic acids is 2. The zero-order chi connectivity index (χ0) is 33.9. The smallest absolute Gasteiger partial charge is 0.337 e. The van der Waals surface area contributed by atoms with Gasteiger partial charge in [-0.2, -0.15) is 5.10 Å². The van der Waals surface area contributed by atoms with E-state index >= 15 is 0 Å². The van der Waals surface area contributed by atoms with Crippen LogP contribution in [0.3, 0.4) is 0 Å². The fourth-order valence-corrected chi connectivity index (χ4v) is 5.76. The van der Waals surface area contributed by atoms with Crippen LogP contribution in [-0.2, 0) is 16.1 Å². The van der Waals surface area contributed by atoms with E-state index in [1.807, 2.05) is 50.2 Å². The molecule has 12 nitrogen and oxygen atoms in total. The minimum atomic E-state index is -1.15. The summed E-state index contributed by atoms with van der Waals surface area (Å²) in [6.45, 7) is 6.40. The molecule has 2 atom stereocenters. The molecule has 3 aromatic carbocycles. The summed E-state index contributed by atoms with van der Waals surface area (Å²) in [7, 11) is 1.28. The molecule has 1 aliphatic rings. The van der Waals surface area contributed by atoms with Gasteiger partial charge >= 0.3 is 12.0 Å². The van der Waals surface area contributed by atoms with Crippen LogP contribution in [0.25, 0.3) is 0 Å². The van der Waals surface area contributed by atoms with E-state index in [1.165, 1.54) is 7.11 Å².